The van der Waals surface area contributed by atoms with Crippen LogP contribution in [0.1, 0.15) is 55.8 Å². The van der Waals surface area contributed by atoms with Gasteiger partial charge in [-0.25, -0.2) is 0 Å². The molecule has 6 nitrogen and oxygen atoms in total. The summed E-state index contributed by atoms with van der Waals surface area (Å²) >= 11 is 0. The average Bonchev–Trinajstić information content (AvgIpc) is 3.23. The first-order valence-corrected chi connectivity index (χ1v) is 11.8. The van der Waals surface area contributed by atoms with Crippen molar-refractivity contribution in [3.63, 3.8) is 0 Å². The van der Waals surface area contributed by atoms with E-state index in [9.17, 15) is 9.59 Å². The van der Waals surface area contributed by atoms with Crippen molar-refractivity contribution in [3.05, 3.63) is 65.4 Å². The third-order valence-electron chi connectivity index (χ3n) is 7.36. The van der Waals surface area contributed by atoms with Gasteiger partial charge < -0.3 is 19.5 Å². The maximum atomic E-state index is 13.9. The van der Waals surface area contributed by atoms with Crippen LogP contribution >= 0.6 is 0 Å². The van der Waals surface area contributed by atoms with Crippen LogP contribution in [0.25, 0.3) is 10.9 Å². The molecule has 1 N–H and O–H groups in total. The molecule has 2 aliphatic rings. The van der Waals surface area contributed by atoms with Crippen LogP contribution in [-0.4, -0.2) is 53.3 Å². The Labute approximate surface area is 194 Å². The lowest BCUT2D eigenvalue weighted by Gasteiger charge is -2.51. The van der Waals surface area contributed by atoms with Gasteiger partial charge in [0.15, 0.2) is 5.54 Å². The molecular weight excluding hydrogens is 414 g/mol. The molecule has 0 bridgehead atoms. The fourth-order valence-corrected chi connectivity index (χ4v) is 5.64. The monoisotopic (exact) mass is 445 g/mol. The Morgan fingerprint density at radius 1 is 1.09 bits per heavy atom. The molecule has 33 heavy (non-hydrogen) atoms. The molecular formula is C27H31N3O3. The summed E-state index contributed by atoms with van der Waals surface area (Å²) in [4.78, 5) is 34.5. The normalized spacial score (nSPS) is 22.5. The maximum absolute atomic E-state index is 13.9. The fraction of sp³-hybridized carbons (Fsp3) is 0.407. The van der Waals surface area contributed by atoms with Crippen LogP contribution < -0.4 is 4.74 Å². The Bertz CT molecular complexity index is 1220. The number of aromatic amines is 1. The molecule has 172 valence electrons. The zero-order chi connectivity index (χ0) is 23.2. The fourth-order valence-electron chi connectivity index (χ4n) is 5.64. The van der Waals surface area contributed by atoms with Gasteiger partial charge in [-0.3, -0.25) is 9.59 Å². The quantitative estimate of drug-likeness (QED) is 0.572. The summed E-state index contributed by atoms with van der Waals surface area (Å²) in [7, 11) is 1.67. The first kappa shape index (κ1) is 21.6. The summed E-state index contributed by atoms with van der Waals surface area (Å²) in [5, 5.41) is 1.09. The van der Waals surface area contributed by atoms with E-state index in [0.717, 1.165) is 52.7 Å². The van der Waals surface area contributed by atoms with E-state index in [2.05, 4.69) is 24.0 Å². The van der Waals surface area contributed by atoms with Gasteiger partial charge in [-0.15, -0.1) is 0 Å². The number of para-hydroxylation sites is 2. The highest BCUT2D eigenvalue weighted by molar-refractivity contribution is 6.01. The van der Waals surface area contributed by atoms with Crippen LogP contribution in [0.3, 0.4) is 0 Å². The lowest BCUT2D eigenvalue weighted by molar-refractivity contribution is -0.166. The topological polar surface area (TPSA) is 65.6 Å². The van der Waals surface area contributed by atoms with Gasteiger partial charge in [-0.1, -0.05) is 56.2 Å². The van der Waals surface area contributed by atoms with E-state index in [4.69, 9.17) is 4.74 Å². The van der Waals surface area contributed by atoms with Crippen molar-refractivity contribution in [2.45, 2.75) is 44.6 Å². The summed E-state index contributed by atoms with van der Waals surface area (Å²) in [6.45, 7) is 5.26. The number of nitrogens with one attached hydrogen (secondary N) is 1. The largest absolute Gasteiger partial charge is 0.496 e. The number of ether oxygens (including phenoxy) is 1. The number of nitrogens with zero attached hydrogens (tertiary/aromatic N) is 2. The van der Waals surface area contributed by atoms with Gasteiger partial charge in [0, 0.05) is 35.5 Å². The summed E-state index contributed by atoms with van der Waals surface area (Å²) in [5.74, 6) is 0.699. The SMILES string of the molecule is CCCCCN1CC(=O)N2CC(c3ccccc3OC)c3c([nH]c4ccccc34)C2(C)C1=O. The minimum atomic E-state index is -1.05. The predicted molar refractivity (Wildman–Crippen MR) is 128 cm³/mol. The van der Waals surface area contributed by atoms with Gasteiger partial charge >= 0.3 is 0 Å². The van der Waals surface area contributed by atoms with Crippen molar-refractivity contribution in [2.24, 2.45) is 0 Å². The molecule has 5 rings (SSSR count). The second kappa shape index (κ2) is 8.25. The number of amides is 2. The molecule has 1 aromatic heterocycles. The van der Waals surface area contributed by atoms with Crippen LogP contribution in [0.4, 0.5) is 0 Å². The summed E-state index contributed by atoms with van der Waals surface area (Å²) in [6.07, 6.45) is 3.03. The number of methoxy groups -OCH3 is 1. The zero-order valence-corrected chi connectivity index (χ0v) is 19.6. The minimum absolute atomic E-state index is 0.00203. The minimum Gasteiger partial charge on any atom is -0.496 e. The standard InChI is InChI=1S/C27H31N3O3/c1-4-5-10-15-29-17-23(31)30-16-20(18-11-7-9-14-22(18)33-3)24-19-12-6-8-13-21(19)28-25(24)27(30,2)26(29)32/h6-9,11-14,20,28H,4-5,10,15-17H2,1-3H3. The number of carbonyl (C=O) groups excluding carboxylic acids is 2. The zero-order valence-electron chi connectivity index (χ0n) is 19.6. The second-order valence-corrected chi connectivity index (χ2v) is 9.26. The van der Waals surface area contributed by atoms with E-state index in [1.165, 1.54) is 0 Å². The number of rotatable bonds is 6. The maximum Gasteiger partial charge on any atom is 0.254 e. The van der Waals surface area contributed by atoms with Crippen LogP contribution in [0.5, 0.6) is 5.75 Å². The average molecular weight is 446 g/mol. The van der Waals surface area contributed by atoms with E-state index < -0.39 is 5.54 Å². The summed E-state index contributed by atoms with van der Waals surface area (Å²) < 4.78 is 5.69. The highest BCUT2D eigenvalue weighted by Gasteiger charge is 2.56. The number of piperazine rings is 1. The number of benzene rings is 2. The molecule has 3 aromatic rings. The van der Waals surface area contributed by atoms with Gasteiger partial charge in [-0.05, 0) is 31.0 Å². The van der Waals surface area contributed by atoms with E-state index in [1.807, 2.05) is 43.3 Å². The third kappa shape index (κ3) is 3.23. The van der Waals surface area contributed by atoms with Gasteiger partial charge in [0.25, 0.3) is 5.91 Å². The molecule has 2 aliphatic heterocycles. The molecule has 2 unspecified atom stereocenters. The van der Waals surface area contributed by atoms with Crippen molar-refractivity contribution in [2.75, 3.05) is 26.7 Å². The number of hydrogen-bond acceptors (Lipinski definition) is 3. The predicted octanol–water partition coefficient (Wildman–Crippen LogP) is 4.40. The van der Waals surface area contributed by atoms with Crippen molar-refractivity contribution < 1.29 is 14.3 Å². The van der Waals surface area contributed by atoms with E-state index in [-0.39, 0.29) is 24.3 Å². The van der Waals surface area contributed by atoms with E-state index in [0.29, 0.717) is 13.1 Å². The van der Waals surface area contributed by atoms with Gasteiger partial charge in [0.1, 0.15) is 5.75 Å². The molecule has 0 aliphatic carbocycles. The molecule has 2 atom stereocenters. The number of carbonyl (C=O) groups is 2. The Kier molecular flexibility index (Phi) is 5.39. The van der Waals surface area contributed by atoms with Crippen molar-refractivity contribution in [3.8, 4) is 5.75 Å². The van der Waals surface area contributed by atoms with Crippen molar-refractivity contribution in [1.82, 2.24) is 14.8 Å². The van der Waals surface area contributed by atoms with Crippen LogP contribution in [0.15, 0.2) is 48.5 Å². The van der Waals surface area contributed by atoms with Crippen LogP contribution in [0.2, 0.25) is 0 Å². The molecule has 0 saturated carbocycles. The highest BCUT2D eigenvalue weighted by atomic mass is 16.5. The van der Waals surface area contributed by atoms with E-state index >= 15 is 0 Å². The molecule has 0 radical (unpaired) electrons. The molecule has 1 fully saturated rings. The lowest BCUT2D eigenvalue weighted by atomic mass is 9.76. The van der Waals surface area contributed by atoms with Crippen LogP contribution in [0, 0.1) is 0 Å². The second-order valence-electron chi connectivity index (χ2n) is 9.26. The highest BCUT2D eigenvalue weighted by Crippen LogP contribution is 2.49. The number of aromatic nitrogens is 1. The molecule has 1 saturated heterocycles. The molecule has 2 amide bonds. The van der Waals surface area contributed by atoms with E-state index in [1.54, 1.807) is 16.9 Å². The number of unbranched alkanes of at least 4 members (excludes halogenated alkanes) is 2. The Morgan fingerprint density at radius 3 is 2.64 bits per heavy atom. The van der Waals surface area contributed by atoms with Crippen LogP contribution in [-0.2, 0) is 15.1 Å². The Balaban J connectivity index is 1.69. The molecule has 2 aromatic carbocycles. The first-order chi connectivity index (χ1) is 16.0. The first-order valence-electron chi connectivity index (χ1n) is 11.8. The smallest absolute Gasteiger partial charge is 0.254 e. The number of H-pyrrole nitrogens is 1. The number of hydrogen-bond donors (Lipinski definition) is 1. The molecule has 6 heteroatoms. The van der Waals surface area contributed by atoms with Gasteiger partial charge in [-0.2, -0.15) is 0 Å². The van der Waals surface area contributed by atoms with Gasteiger partial charge in [0.2, 0.25) is 5.91 Å². The lowest BCUT2D eigenvalue weighted by Crippen LogP contribution is -2.67. The molecule has 0 spiro atoms. The Morgan fingerprint density at radius 2 is 1.85 bits per heavy atom. The molecule has 3 heterocycles. The Hall–Kier alpha value is -3.28. The third-order valence-corrected chi connectivity index (χ3v) is 7.36. The summed E-state index contributed by atoms with van der Waals surface area (Å²) in [6, 6.07) is 16.1. The summed E-state index contributed by atoms with van der Waals surface area (Å²) in [5.41, 5.74) is 2.87. The van der Waals surface area contributed by atoms with Crippen molar-refractivity contribution in [1.29, 1.82) is 0 Å². The number of fused-ring (bicyclic) bond motifs is 5. The van der Waals surface area contributed by atoms with Gasteiger partial charge in [0.05, 0.1) is 19.3 Å². The van der Waals surface area contributed by atoms with Crippen molar-refractivity contribution >= 4 is 22.7 Å².